The summed E-state index contributed by atoms with van der Waals surface area (Å²) in [6, 6.07) is 14.3. The van der Waals surface area contributed by atoms with Crippen LogP contribution in [0.2, 0.25) is 0 Å². The van der Waals surface area contributed by atoms with E-state index in [9.17, 15) is 24.0 Å². The summed E-state index contributed by atoms with van der Waals surface area (Å²) in [5, 5.41) is 0. The number of fused-ring (bicyclic) bond motifs is 1. The Bertz CT molecular complexity index is 1100. The quantitative estimate of drug-likeness (QED) is 0.211. The van der Waals surface area contributed by atoms with Gasteiger partial charge in [-0.3, -0.25) is 24.1 Å². The summed E-state index contributed by atoms with van der Waals surface area (Å²) in [5.41, 5.74) is 0.655. The standard InChI is InChI=1S/C25H21NO7/c27-21(16-10-12-18(13-11-16)33-25(31)17-6-2-1-3-7-17)15-32-22(28)14-26-23(29)19-8-4-5-9-20(19)24(26)30/h1-7,10-13,19-20H,8-9,14-15H2. The molecule has 0 saturated carbocycles. The van der Waals surface area contributed by atoms with Gasteiger partial charge in [0.15, 0.2) is 12.4 Å². The number of rotatable bonds is 7. The van der Waals surface area contributed by atoms with Crippen molar-refractivity contribution >= 4 is 29.5 Å². The summed E-state index contributed by atoms with van der Waals surface area (Å²) in [5.74, 6) is -3.16. The first-order chi connectivity index (χ1) is 15.9. The number of benzene rings is 2. The summed E-state index contributed by atoms with van der Waals surface area (Å²) < 4.78 is 10.2. The van der Waals surface area contributed by atoms with Gasteiger partial charge in [-0.25, -0.2) is 4.79 Å². The van der Waals surface area contributed by atoms with Crippen molar-refractivity contribution in [3.05, 3.63) is 77.9 Å². The van der Waals surface area contributed by atoms with E-state index >= 15 is 0 Å². The van der Waals surface area contributed by atoms with Gasteiger partial charge in [-0.15, -0.1) is 0 Å². The maximum absolute atomic E-state index is 12.4. The Morgan fingerprint density at radius 3 is 2.03 bits per heavy atom. The summed E-state index contributed by atoms with van der Waals surface area (Å²) in [6.45, 7) is -1.04. The molecule has 2 unspecified atom stereocenters. The molecule has 168 valence electrons. The van der Waals surface area contributed by atoms with Gasteiger partial charge in [0, 0.05) is 5.56 Å². The number of carbonyl (C=O) groups excluding carboxylic acids is 5. The average molecular weight is 447 g/mol. The summed E-state index contributed by atoms with van der Waals surface area (Å²) in [4.78, 5) is 62.3. The molecule has 8 heteroatoms. The van der Waals surface area contributed by atoms with E-state index in [-0.39, 0.29) is 23.1 Å². The van der Waals surface area contributed by atoms with Crippen LogP contribution >= 0.6 is 0 Å². The fourth-order valence-corrected chi connectivity index (χ4v) is 3.88. The van der Waals surface area contributed by atoms with Crippen molar-refractivity contribution in [3.63, 3.8) is 0 Å². The number of Topliss-reactive ketones (excluding diaryl/α,β-unsaturated/α-hetero) is 1. The van der Waals surface area contributed by atoms with Gasteiger partial charge in [-0.2, -0.15) is 0 Å². The molecule has 8 nitrogen and oxygen atoms in total. The van der Waals surface area contributed by atoms with Gasteiger partial charge >= 0.3 is 11.9 Å². The highest BCUT2D eigenvalue weighted by atomic mass is 16.5. The lowest BCUT2D eigenvalue weighted by molar-refractivity contribution is -0.152. The van der Waals surface area contributed by atoms with E-state index in [2.05, 4.69) is 0 Å². The molecule has 4 rings (SSSR count). The predicted octanol–water partition coefficient (Wildman–Crippen LogP) is 2.58. The lowest BCUT2D eigenvalue weighted by Gasteiger charge is -2.14. The predicted molar refractivity (Wildman–Crippen MR) is 115 cm³/mol. The van der Waals surface area contributed by atoms with Crippen molar-refractivity contribution in [3.8, 4) is 5.75 Å². The molecule has 1 aliphatic heterocycles. The summed E-state index contributed by atoms with van der Waals surface area (Å²) >= 11 is 0. The molecule has 0 radical (unpaired) electrons. The SMILES string of the molecule is O=C(CN1C(=O)C2CC=CCC2C1=O)OCC(=O)c1ccc(OC(=O)c2ccccc2)cc1. The molecule has 0 N–H and O–H groups in total. The van der Waals surface area contributed by atoms with Crippen LogP contribution < -0.4 is 4.74 Å². The highest BCUT2D eigenvalue weighted by molar-refractivity contribution is 6.07. The molecule has 1 aliphatic carbocycles. The van der Waals surface area contributed by atoms with E-state index in [1.54, 1.807) is 30.3 Å². The highest BCUT2D eigenvalue weighted by Crippen LogP contribution is 2.34. The van der Waals surface area contributed by atoms with Gasteiger partial charge in [0.1, 0.15) is 12.3 Å². The molecular formula is C25H21NO7. The average Bonchev–Trinajstić information content (AvgIpc) is 3.08. The first-order valence-corrected chi connectivity index (χ1v) is 10.5. The molecule has 0 bridgehead atoms. The Labute approximate surface area is 189 Å². The molecule has 2 aromatic carbocycles. The first-order valence-electron chi connectivity index (χ1n) is 10.5. The van der Waals surface area contributed by atoms with Crippen molar-refractivity contribution in [1.82, 2.24) is 4.90 Å². The van der Waals surface area contributed by atoms with Crippen molar-refractivity contribution < 1.29 is 33.4 Å². The zero-order chi connectivity index (χ0) is 23.4. The van der Waals surface area contributed by atoms with Crippen LogP contribution in [0.3, 0.4) is 0 Å². The second-order valence-electron chi connectivity index (χ2n) is 7.78. The largest absolute Gasteiger partial charge is 0.456 e. The molecule has 0 spiro atoms. The number of allylic oxidation sites excluding steroid dienone is 2. The Morgan fingerprint density at radius 2 is 1.42 bits per heavy atom. The van der Waals surface area contributed by atoms with Crippen LogP contribution in [0.5, 0.6) is 5.75 Å². The monoisotopic (exact) mass is 447 g/mol. The van der Waals surface area contributed by atoms with Crippen LogP contribution in [0.1, 0.15) is 33.6 Å². The lowest BCUT2D eigenvalue weighted by atomic mass is 9.85. The number of likely N-dealkylation sites (tertiary alicyclic amines) is 1. The number of nitrogens with zero attached hydrogens (tertiary/aromatic N) is 1. The summed E-state index contributed by atoms with van der Waals surface area (Å²) in [6.07, 6.45) is 4.69. The minimum Gasteiger partial charge on any atom is -0.456 e. The fraction of sp³-hybridized carbons (Fsp3) is 0.240. The van der Waals surface area contributed by atoms with Gasteiger partial charge in [0.2, 0.25) is 11.8 Å². The summed E-state index contributed by atoms with van der Waals surface area (Å²) in [7, 11) is 0. The third-order valence-corrected chi connectivity index (χ3v) is 5.65. The maximum Gasteiger partial charge on any atom is 0.343 e. The molecule has 0 aromatic heterocycles. The second kappa shape index (κ2) is 9.60. The van der Waals surface area contributed by atoms with Crippen LogP contribution in [0.15, 0.2) is 66.7 Å². The number of ether oxygens (including phenoxy) is 2. The van der Waals surface area contributed by atoms with E-state index < -0.39 is 42.7 Å². The number of carbonyl (C=O) groups is 5. The van der Waals surface area contributed by atoms with Gasteiger partial charge in [0.05, 0.1) is 17.4 Å². The molecule has 2 atom stereocenters. The lowest BCUT2D eigenvalue weighted by Crippen LogP contribution is -2.37. The fourth-order valence-electron chi connectivity index (χ4n) is 3.88. The Kier molecular flexibility index (Phi) is 6.44. The van der Waals surface area contributed by atoms with Gasteiger partial charge in [-0.05, 0) is 49.2 Å². The molecular weight excluding hydrogens is 426 g/mol. The second-order valence-corrected chi connectivity index (χ2v) is 7.78. The molecule has 1 heterocycles. The van der Waals surface area contributed by atoms with Crippen LogP contribution in [0, 0.1) is 11.8 Å². The number of imide groups is 1. The van der Waals surface area contributed by atoms with E-state index in [0.717, 1.165) is 4.90 Å². The number of amides is 2. The van der Waals surface area contributed by atoms with E-state index in [4.69, 9.17) is 9.47 Å². The Morgan fingerprint density at radius 1 is 0.818 bits per heavy atom. The van der Waals surface area contributed by atoms with E-state index in [1.165, 1.54) is 24.3 Å². The van der Waals surface area contributed by atoms with E-state index in [0.29, 0.717) is 18.4 Å². The van der Waals surface area contributed by atoms with E-state index in [1.807, 2.05) is 12.2 Å². The third-order valence-electron chi connectivity index (χ3n) is 5.65. The molecule has 33 heavy (non-hydrogen) atoms. The smallest absolute Gasteiger partial charge is 0.343 e. The van der Waals surface area contributed by atoms with Crippen LogP contribution in [-0.4, -0.2) is 47.6 Å². The van der Waals surface area contributed by atoms with Crippen molar-refractivity contribution in [2.24, 2.45) is 11.8 Å². The van der Waals surface area contributed by atoms with Crippen molar-refractivity contribution in [1.29, 1.82) is 0 Å². The molecule has 2 aromatic rings. The number of esters is 2. The number of hydrogen-bond acceptors (Lipinski definition) is 7. The van der Waals surface area contributed by atoms with Crippen molar-refractivity contribution in [2.75, 3.05) is 13.2 Å². The number of hydrogen-bond donors (Lipinski definition) is 0. The van der Waals surface area contributed by atoms with Crippen molar-refractivity contribution in [2.45, 2.75) is 12.8 Å². The molecule has 1 fully saturated rings. The topological polar surface area (TPSA) is 107 Å². The number of ketones is 1. The van der Waals surface area contributed by atoms with Gasteiger partial charge in [0.25, 0.3) is 0 Å². The van der Waals surface area contributed by atoms with Gasteiger partial charge in [-0.1, -0.05) is 30.4 Å². The Balaban J connectivity index is 1.27. The zero-order valence-electron chi connectivity index (χ0n) is 17.6. The minimum atomic E-state index is -0.829. The molecule has 2 amide bonds. The molecule has 2 aliphatic rings. The molecule has 1 saturated heterocycles. The maximum atomic E-state index is 12.4. The minimum absolute atomic E-state index is 0.257. The normalized spacial score (nSPS) is 19.2. The highest BCUT2D eigenvalue weighted by Gasteiger charge is 2.47. The van der Waals surface area contributed by atoms with Crippen LogP contribution in [0.25, 0.3) is 0 Å². The van der Waals surface area contributed by atoms with Crippen LogP contribution in [0.4, 0.5) is 0 Å². The third kappa shape index (κ3) is 4.90. The van der Waals surface area contributed by atoms with Gasteiger partial charge < -0.3 is 9.47 Å². The van der Waals surface area contributed by atoms with Crippen LogP contribution in [-0.2, 0) is 19.1 Å². The first kappa shape index (κ1) is 22.1. The Hall–Kier alpha value is -4.07. The zero-order valence-corrected chi connectivity index (χ0v) is 17.6.